The van der Waals surface area contributed by atoms with Crippen LogP contribution in [0.25, 0.3) is 0 Å². The first-order valence-electron chi connectivity index (χ1n) is 4.15. The van der Waals surface area contributed by atoms with Gasteiger partial charge in [0.2, 0.25) is 5.91 Å². The van der Waals surface area contributed by atoms with Crippen molar-refractivity contribution in [2.75, 3.05) is 0 Å². The largest absolute Gasteiger partial charge is 0.366 e. The Kier molecular flexibility index (Phi) is 2.97. The molecule has 0 aliphatic heterocycles. The molecule has 0 radical (unpaired) electrons. The van der Waals surface area contributed by atoms with E-state index in [0.29, 0.717) is 5.56 Å². The van der Waals surface area contributed by atoms with Gasteiger partial charge in [-0.15, -0.1) is 0 Å². The Balaban J connectivity index is 2.98. The molecule has 1 heterocycles. The summed E-state index contributed by atoms with van der Waals surface area (Å²) in [6.45, 7) is 1.97. The zero-order valence-corrected chi connectivity index (χ0v) is 7.53. The molecule has 0 aliphatic rings. The molecule has 0 aliphatic carbocycles. The van der Waals surface area contributed by atoms with Crippen molar-refractivity contribution in [3.05, 3.63) is 29.6 Å². The summed E-state index contributed by atoms with van der Waals surface area (Å²) in [5, 5.41) is 0. The number of nitrogens with zero attached hydrogens (tertiary/aromatic N) is 1. The highest BCUT2D eigenvalue weighted by Gasteiger charge is 2.06. The van der Waals surface area contributed by atoms with Crippen molar-refractivity contribution in [1.29, 1.82) is 0 Å². The lowest BCUT2D eigenvalue weighted by atomic mass is 10.1. The zero-order chi connectivity index (χ0) is 9.84. The molecular weight excluding hydrogens is 166 g/mol. The van der Waals surface area contributed by atoms with Crippen LogP contribution in [0.5, 0.6) is 0 Å². The minimum absolute atomic E-state index is 0.0770. The molecule has 0 spiro atoms. The Morgan fingerprint density at radius 1 is 1.62 bits per heavy atom. The predicted molar refractivity (Wildman–Crippen MR) is 50.0 cm³/mol. The summed E-state index contributed by atoms with van der Waals surface area (Å²) in [5.74, 6) is -0.474. The summed E-state index contributed by atoms with van der Waals surface area (Å²) in [6, 6.07) is 1.61. The number of carbonyl (C=O) groups excluding carboxylic acids is 1. The summed E-state index contributed by atoms with van der Waals surface area (Å²) in [7, 11) is 0. The molecule has 1 unspecified atom stereocenters. The van der Waals surface area contributed by atoms with E-state index < -0.39 is 5.91 Å². The molecule has 70 valence electrons. The highest BCUT2D eigenvalue weighted by Crippen LogP contribution is 2.13. The number of amides is 1. The predicted octanol–water partition coefficient (Wildman–Crippen LogP) is 0.590. The Morgan fingerprint density at radius 3 is 2.85 bits per heavy atom. The number of hydrogen-bond acceptors (Lipinski definition) is 3. The summed E-state index contributed by atoms with van der Waals surface area (Å²) >= 11 is 0. The summed E-state index contributed by atoms with van der Waals surface area (Å²) < 4.78 is 0. The van der Waals surface area contributed by atoms with E-state index in [-0.39, 0.29) is 6.04 Å². The SMILES string of the molecule is CCC(N)c1cncc(C(N)=O)c1. The number of pyridine rings is 1. The first kappa shape index (κ1) is 9.67. The van der Waals surface area contributed by atoms with Crippen molar-refractivity contribution >= 4 is 5.91 Å². The molecule has 0 aromatic carbocycles. The molecular formula is C9H13N3O. The van der Waals surface area contributed by atoms with Gasteiger partial charge in [0, 0.05) is 18.4 Å². The van der Waals surface area contributed by atoms with Crippen molar-refractivity contribution in [2.45, 2.75) is 19.4 Å². The van der Waals surface area contributed by atoms with Crippen LogP contribution in [0.3, 0.4) is 0 Å². The normalized spacial score (nSPS) is 12.5. The first-order valence-corrected chi connectivity index (χ1v) is 4.15. The van der Waals surface area contributed by atoms with Gasteiger partial charge in [-0.3, -0.25) is 9.78 Å². The van der Waals surface area contributed by atoms with E-state index in [2.05, 4.69) is 4.98 Å². The Morgan fingerprint density at radius 2 is 2.31 bits per heavy atom. The molecule has 0 saturated carbocycles. The Labute approximate surface area is 77.0 Å². The fraction of sp³-hybridized carbons (Fsp3) is 0.333. The Bertz CT molecular complexity index is 311. The van der Waals surface area contributed by atoms with E-state index in [1.807, 2.05) is 6.92 Å². The summed E-state index contributed by atoms with van der Waals surface area (Å²) in [6.07, 6.45) is 3.90. The van der Waals surface area contributed by atoms with Crippen LogP contribution >= 0.6 is 0 Å². The van der Waals surface area contributed by atoms with Crippen LogP contribution in [0.2, 0.25) is 0 Å². The average Bonchev–Trinajstić information content (AvgIpc) is 2.17. The van der Waals surface area contributed by atoms with Crippen molar-refractivity contribution < 1.29 is 4.79 Å². The zero-order valence-electron chi connectivity index (χ0n) is 7.53. The van der Waals surface area contributed by atoms with Gasteiger partial charge in [-0.25, -0.2) is 0 Å². The van der Waals surface area contributed by atoms with Gasteiger partial charge in [0.1, 0.15) is 0 Å². The average molecular weight is 179 g/mol. The van der Waals surface area contributed by atoms with Crippen molar-refractivity contribution in [3.63, 3.8) is 0 Å². The van der Waals surface area contributed by atoms with Crippen LogP contribution < -0.4 is 11.5 Å². The van der Waals surface area contributed by atoms with Gasteiger partial charge < -0.3 is 11.5 Å². The lowest BCUT2D eigenvalue weighted by molar-refractivity contribution is 0.1000. The Hall–Kier alpha value is -1.42. The fourth-order valence-corrected chi connectivity index (χ4v) is 1.03. The number of rotatable bonds is 3. The molecule has 4 N–H and O–H groups in total. The van der Waals surface area contributed by atoms with Gasteiger partial charge in [-0.05, 0) is 18.1 Å². The van der Waals surface area contributed by atoms with Crippen LogP contribution in [-0.2, 0) is 0 Å². The van der Waals surface area contributed by atoms with Crippen LogP contribution in [0, 0.1) is 0 Å². The minimum atomic E-state index is -0.474. The summed E-state index contributed by atoms with van der Waals surface area (Å²) in [4.78, 5) is 14.7. The molecule has 1 rings (SSSR count). The van der Waals surface area contributed by atoms with E-state index in [4.69, 9.17) is 11.5 Å². The lowest BCUT2D eigenvalue weighted by Gasteiger charge is -2.08. The van der Waals surface area contributed by atoms with E-state index in [9.17, 15) is 4.79 Å². The van der Waals surface area contributed by atoms with E-state index in [1.54, 1.807) is 12.3 Å². The molecule has 0 fully saturated rings. The molecule has 1 atom stereocenters. The van der Waals surface area contributed by atoms with Crippen LogP contribution in [-0.4, -0.2) is 10.9 Å². The quantitative estimate of drug-likeness (QED) is 0.712. The monoisotopic (exact) mass is 179 g/mol. The maximum atomic E-state index is 10.8. The van der Waals surface area contributed by atoms with Crippen LogP contribution in [0.4, 0.5) is 0 Å². The molecule has 1 aromatic heterocycles. The van der Waals surface area contributed by atoms with Gasteiger partial charge in [0.05, 0.1) is 5.56 Å². The van der Waals surface area contributed by atoms with Crippen LogP contribution in [0.15, 0.2) is 18.5 Å². The number of primary amides is 1. The summed E-state index contributed by atoms with van der Waals surface area (Å²) in [5.41, 5.74) is 12.1. The maximum absolute atomic E-state index is 10.8. The van der Waals surface area contributed by atoms with Gasteiger partial charge in [-0.1, -0.05) is 6.92 Å². The number of aromatic nitrogens is 1. The van der Waals surface area contributed by atoms with Crippen molar-refractivity contribution in [3.8, 4) is 0 Å². The third-order valence-electron chi connectivity index (χ3n) is 1.91. The van der Waals surface area contributed by atoms with Crippen LogP contribution in [0.1, 0.15) is 35.3 Å². The van der Waals surface area contributed by atoms with Gasteiger partial charge >= 0.3 is 0 Å². The molecule has 1 aromatic rings. The van der Waals surface area contributed by atoms with E-state index in [0.717, 1.165) is 12.0 Å². The number of hydrogen-bond donors (Lipinski definition) is 2. The van der Waals surface area contributed by atoms with E-state index >= 15 is 0 Å². The fourth-order valence-electron chi connectivity index (χ4n) is 1.03. The third kappa shape index (κ3) is 2.26. The second-order valence-corrected chi connectivity index (χ2v) is 2.89. The van der Waals surface area contributed by atoms with Crippen molar-refractivity contribution in [2.24, 2.45) is 11.5 Å². The lowest BCUT2D eigenvalue weighted by Crippen LogP contribution is -2.14. The number of carbonyl (C=O) groups is 1. The second-order valence-electron chi connectivity index (χ2n) is 2.89. The molecule has 4 heteroatoms. The highest BCUT2D eigenvalue weighted by molar-refractivity contribution is 5.92. The minimum Gasteiger partial charge on any atom is -0.366 e. The van der Waals surface area contributed by atoms with Gasteiger partial charge in [0.15, 0.2) is 0 Å². The molecule has 0 bridgehead atoms. The van der Waals surface area contributed by atoms with Gasteiger partial charge in [-0.2, -0.15) is 0 Å². The molecule has 1 amide bonds. The molecule has 4 nitrogen and oxygen atoms in total. The molecule has 13 heavy (non-hydrogen) atoms. The standard InChI is InChI=1S/C9H13N3O/c1-2-8(10)6-3-7(9(11)13)5-12-4-6/h3-5,8H,2,10H2,1H3,(H2,11,13). The third-order valence-corrected chi connectivity index (χ3v) is 1.91. The molecule has 0 saturated heterocycles. The maximum Gasteiger partial charge on any atom is 0.250 e. The topological polar surface area (TPSA) is 82.0 Å². The number of nitrogens with two attached hydrogens (primary N) is 2. The van der Waals surface area contributed by atoms with Gasteiger partial charge in [0.25, 0.3) is 0 Å². The first-order chi connectivity index (χ1) is 6.15. The van der Waals surface area contributed by atoms with Crippen molar-refractivity contribution in [1.82, 2.24) is 4.98 Å². The van der Waals surface area contributed by atoms with E-state index in [1.165, 1.54) is 6.20 Å². The second kappa shape index (κ2) is 4.00. The highest BCUT2D eigenvalue weighted by atomic mass is 16.1. The smallest absolute Gasteiger partial charge is 0.250 e.